The minimum atomic E-state index is -1.13. The molecule has 0 saturated carbocycles. The molecule has 0 aromatic rings. The fourth-order valence-electron chi connectivity index (χ4n) is 1.45. The maximum Gasteiger partial charge on any atom is 0.333 e. The van der Waals surface area contributed by atoms with Crippen LogP contribution in [0.3, 0.4) is 0 Å². The number of aliphatic hydroxyl groups excluding tert-OH is 1. The van der Waals surface area contributed by atoms with Crippen molar-refractivity contribution in [3.8, 4) is 0 Å². The standard InChI is InChI=1S/C10H14O3/c1-7(10(12)13)9(11)8-5-3-2-4-6-8/h5,9,11H,1-4,6H2,(H,12,13). The Morgan fingerprint density at radius 2 is 2.23 bits per heavy atom. The van der Waals surface area contributed by atoms with Crippen LogP contribution in [0.2, 0.25) is 0 Å². The molecule has 3 nitrogen and oxygen atoms in total. The molecular weight excluding hydrogens is 168 g/mol. The predicted molar refractivity (Wildman–Crippen MR) is 49.3 cm³/mol. The molecule has 1 unspecified atom stereocenters. The van der Waals surface area contributed by atoms with E-state index >= 15 is 0 Å². The van der Waals surface area contributed by atoms with E-state index in [-0.39, 0.29) is 5.57 Å². The first kappa shape index (κ1) is 9.99. The second-order valence-corrected chi connectivity index (χ2v) is 3.26. The van der Waals surface area contributed by atoms with Crippen molar-refractivity contribution in [3.05, 3.63) is 23.8 Å². The van der Waals surface area contributed by atoms with Crippen LogP contribution < -0.4 is 0 Å². The van der Waals surface area contributed by atoms with Crippen molar-refractivity contribution in [2.75, 3.05) is 0 Å². The molecule has 1 aliphatic rings. The highest BCUT2D eigenvalue weighted by Crippen LogP contribution is 2.23. The van der Waals surface area contributed by atoms with Crippen LogP contribution in [0.15, 0.2) is 23.8 Å². The average Bonchev–Trinajstić information content (AvgIpc) is 2.17. The molecule has 0 bridgehead atoms. The maximum absolute atomic E-state index is 10.5. The summed E-state index contributed by atoms with van der Waals surface area (Å²) in [5.74, 6) is -1.13. The van der Waals surface area contributed by atoms with Crippen LogP contribution in [0.25, 0.3) is 0 Å². The molecule has 13 heavy (non-hydrogen) atoms. The van der Waals surface area contributed by atoms with Crippen LogP contribution in [0, 0.1) is 0 Å². The van der Waals surface area contributed by atoms with Gasteiger partial charge in [-0.3, -0.25) is 0 Å². The summed E-state index contributed by atoms with van der Waals surface area (Å²) >= 11 is 0. The fraction of sp³-hybridized carbons (Fsp3) is 0.500. The van der Waals surface area contributed by atoms with E-state index < -0.39 is 12.1 Å². The Hall–Kier alpha value is -1.09. The van der Waals surface area contributed by atoms with Crippen molar-refractivity contribution in [3.63, 3.8) is 0 Å². The Balaban J connectivity index is 2.65. The Labute approximate surface area is 77.4 Å². The van der Waals surface area contributed by atoms with Gasteiger partial charge in [0.05, 0.1) is 5.57 Å². The zero-order valence-electron chi connectivity index (χ0n) is 7.49. The molecule has 72 valence electrons. The van der Waals surface area contributed by atoms with Crippen molar-refractivity contribution in [2.24, 2.45) is 0 Å². The van der Waals surface area contributed by atoms with Crippen LogP contribution in [0.4, 0.5) is 0 Å². The van der Waals surface area contributed by atoms with Gasteiger partial charge in [0.15, 0.2) is 0 Å². The second kappa shape index (κ2) is 4.23. The highest BCUT2D eigenvalue weighted by Gasteiger charge is 2.20. The summed E-state index contributed by atoms with van der Waals surface area (Å²) < 4.78 is 0. The molecule has 2 N–H and O–H groups in total. The minimum absolute atomic E-state index is 0.131. The number of carbonyl (C=O) groups is 1. The van der Waals surface area contributed by atoms with Crippen LogP contribution >= 0.6 is 0 Å². The molecule has 0 aromatic heterocycles. The third-order valence-electron chi connectivity index (χ3n) is 2.28. The molecule has 0 aromatic carbocycles. The van der Waals surface area contributed by atoms with Crippen LogP contribution in [-0.2, 0) is 4.79 Å². The number of hydrogen-bond acceptors (Lipinski definition) is 2. The monoisotopic (exact) mass is 182 g/mol. The lowest BCUT2D eigenvalue weighted by Crippen LogP contribution is -2.20. The molecule has 1 rings (SSSR count). The SMILES string of the molecule is C=C(C(=O)O)C(O)C1=CCCCC1. The molecule has 1 aliphatic carbocycles. The summed E-state index contributed by atoms with van der Waals surface area (Å²) in [5.41, 5.74) is 0.673. The van der Waals surface area contributed by atoms with Crippen LogP contribution in [-0.4, -0.2) is 22.3 Å². The van der Waals surface area contributed by atoms with Gasteiger partial charge < -0.3 is 10.2 Å². The number of aliphatic hydroxyl groups is 1. The van der Waals surface area contributed by atoms with Gasteiger partial charge in [0, 0.05) is 0 Å². The summed E-state index contributed by atoms with van der Waals surface area (Å²) in [7, 11) is 0. The van der Waals surface area contributed by atoms with Gasteiger partial charge in [0.1, 0.15) is 6.10 Å². The van der Waals surface area contributed by atoms with Crippen molar-refractivity contribution in [1.82, 2.24) is 0 Å². The molecule has 0 aliphatic heterocycles. The lowest BCUT2D eigenvalue weighted by atomic mass is 9.92. The zero-order chi connectivity index (χ0) is 9.84. The van der Waals surface area contributed by atoms with Crippen LogP contribution in [0.5, 0.6) is 0 Å². The third-order valence-corrected chi connectivity index (χ3v) is 2.28. The van der Waals surface area contributed by atoms with E-state index in [1.165, 1.54) is 0 Å². The molecule has 0 amide bonds. The molecule has 0 fully saturated rings. The highest BCUT2D eigenvalue weighted by atomic mass is 16.4. The molecule has 0 saturated heterocycles. The summed E-state index contributed by atoms with van der Waals surface area (Å²) in [6.45, 7) is 3.34. The van der Waals surface area contributed by atoms with Gasteiger partial charge in [-0.2, -0.15) is 0 Å². The summed E-state index contributed by atoms with van der Waals surface area (Å²) in [5, 5.41) is 18.2. The predicted octanol–water partition coefficient (Wildman–Crippen LogP) is 1.49. The van der Waals surface area contributed by atoms with Crippen molar-refractivity contribution in [2.45, 2.75) is 31.8 Å². The molecule has 0 spiro atoms. The van der Waals surface area contributed by atoms with E-state index in [0.717, 1.165) is 31.3 Å². The highest BCUT2D eigenvalue weighted by molar-refractivity contribution is 5.87. The first-order valence-corrected chi connectivity index (χ1v) is 4.42. The van der Waals surface area contributed by atoms with Gasteiger partial charge in [-0.25, -0.2) is 4.79 Å². The summed E-state index contributed by atoms with van der Waals surface area (Å²) in [6, 6.07) is 0. The summed E-state index contributed by atoms with van der Waals surface area (Å²) in [6.07, 6.45) is 4.79. The third kappa shape index (κ3) is 2.42. The van der Waals surface area contributed by atoms with Crippen molar-refractivity contribution in [1.29, 1.82) is 0 Å². The van der Waals surface area contributed by atoms with E-state index in [2.05, 4.69) is 6.58 Å². The van der Waals surface area contributed by atoms with E-state index in [9.17, 15) is 9.90 Å². The number of rotatable bonds is 3. The molecule has 0 heterocycles. The van der Waals surface area contributed by atoms with E-state index in [1.807, 2.05) is 6.08 Å². The van der Waals surface area contributed by atoms with Crippen LogP contribution in [0.1, 0.15) is 25.7 Å². The smallest absolute Gasteiger partial charge is 0.333 e. The summed E-state index contributed by atoms with van der Waals surface area (Å²) in [4.78, 5) is 10.5. The Morgan fingerprint density at radius 1 is 1.54 bits per heavy atom. The first-order chi connectivity index (χ1) is 6.13. The largest absolute Gasteiger partial charge is 0.478 e. The molecular formula is C10H14O3. The number of carboxylic acids is 1. The zero-order valence-corrected chi connectivity index (χ0v) is 7.49. The number of allylic oxidation sites excluding steroid dienone is 1. The average molecular weight is 182 g/mol. The van der Waals surface area contributed by atoms with Gasteiger partial charge in [-0.05, 0) is 31.3 Å². The molecule has 0 radical (unpaired) electrons. The minimum Gasteiger partial charge on any atom is -0.478 e. The number of carboxylic acid groups (broad SMARTS) is 1. The van der Waals surface area contributed by atoms with E-state index in [4.69, 9.17) is 5.11 Å². The quantitative estimate of drug-likeness (QED) is 0.513. The van der Waals surface area contributed by atoms with Gasteiger partial charge in [0.25, 0.3) is 0 Å². The van der Waals surface area contributed by atoms with Gasteiger partial charge in [-0.15, -0.1) is 0 Å². The number of hydrogen-bond donors (Lipinski definition) is 2. The Morgan fingerprint density at radius 3 is 2.69 bits per heavy atom. The van der Waals surface area contributed by atoms with Crippen molar-refractivity contribution >= 4 is 5.97 Å². The van der Waals surface area contributed by atoms with Gasteiger partial charge >= 0.3 is 5.97 Å². The Kier molecular flexibility index (Phi) is 3.25. The van der Waals surface area contributed by atoms with Gasteiger partial charge in [0.2, 0.25) is 0 Å². The lowest BCUT2D eigenvalue weighted by molar-refractivity contribution is -0.133. The normalized spacial score (nSPS) is 19.0. The Bertz CT molecular complexity index is 253. The maximum atomic E-state index is 10.5. The first-order valence-electron chi connectivity index (χ1n) is 4.42. The van der Waals surface area contributed by atoms with E-state index in [1.54, 1.807) is 0 Å². The fourth-order valence-corrected chi connectivity index (χ4v) is 1.45. The van der Waals surface area contributed by atoms with E-state index in [0.29, 0.717) is 0 Å². The molecule has 3 heteroatoms. The lowest BCUT2D eigenvalue weighted by Gasteiger charge is -2.18. The number of aliphatic carboxylic acids is 1. The topological polar surface area (TPSA) is 57.5 Å². The van der Waals surface area contributed by atoms with Gasteiger partial charge in [-0.1, -0.05) is 12.7 Å². The second-order valence-electron chi connectivity index (χ2n) is 3.26. The van der Waals surface area contributed by atoms with Crippen molar-refractivity contribution < 1.29 is 15.0 Å². The molecule has 1 atom stereocenters.